The van der Waals surface area contributed by atoms with Crippen LogP contribution in [0.15, 0.2) is 12.4 Å². The quantitative estimate of drug-likeness (QED) is 0.649. The molecule has 0 saturated carbocycles. The van der Waals surface area contributed by atoms with E-state index in [-0.39, 0.29) is 0 Å². The number of aryl methyl sites for hydroxylation is 1. The van der Waals surface area contributed by atoms with Crippen LogP contribution in [-0.2, 0) is 6.54 Å². The molecule has 0 atom stereocenters. The van der Waals surface area contributed by atoms with Gasteiger partial charge in [-0.25, -0.2) is 4.98 Å². The molecule has 0 unspecified atom stereocenters. The Kier molecular flexibility index (Phi) is 3.36. The Bertz CT molecular complexity index is 290. The number of aromatic nitrogens is 2. The second-order valence-electron chi connectivity index (χ2n) is 2.45. The van der Waals surface area contributed by atoms with Crippen molar-refractivity contribution in [3.63, 3.8) is 0 Å². The van der Waals surface area contributed by atoms with Crippen LogP contribution in [0, 0.1) is 11.8 Å². The Labute approximate surface area is 72.6 Å². The number of imidazole rings is 1. The first kappa shape index (κ1) is 8.82. The number of hydrogen-bond donors (Lipinski definition) is 1. The normalized spacial score (nSPS) is 9.17. The molecule has 0 amide bonds. The summed E-state index contributed by atoms with van der Waals surface area (Å²) < 4.78 is 2.03. The van der Waals surface area contributed by atoms with Gasteiger partial charge in [-0.1, -0.05) is 12.8 Å². The molecule has 1 aromatic rings. The van der Waals surface area contributed by atoms with Gasteiger partial charge in [-0.05, 0) is 12.3 Å². The predicted octanol–water partition coefficient (Wildman–Crippen LogP) is 0.603. The summed E-state index contributed by atoms with van der Waals surface area (Å²) in [6.45, 7) is 3.48. The Morgan fingerprint density at radius 3 is 3.17 bits per heavy atom. The highest BCUT2D eigenvalue weighted by atomic mass is 15.0. The lowest BCUT2D eigenvalue weighted by atomic mass is 10.4. The Morgan fingerprint density at radius 1 is 1.67 bits per heavy atom. The minimum absolute atomic E-state index is 0.388. The zero-order valence-electron chi connectivity index (χ0n) is 7.25. The molecule has 3 heteroatoms. The number of nitrogens with two attached hydrogens (primary N) is 1. The van der Waals surface area contributed by atoms with E-state index in [1.54, 1.807) is 6.20 Å². The van der Waals surface area contributed by atoms with Gasteiger partial charge in [0.25, 0.3) is 0 Å². The van der Waals surface area contributed by atoms with Gasteiger partial charge in [-0.3, -0.25) is 0 Å². The van der Waals surface area contributed by atoms with Gasteiger partial charge >= 0.3 is 0 Å². The lowest BCUT2D eigenvalue weighted by Gasteiger charge is -1.98. The molecule has 2 N–H and O–H groups in total. The van der Waals surface area contributed by atoms with Crippen LogP contribution in [0.2, 0.25) is 0 Å². The maximum absolute atomic E-state index is 5.26. The van der Waals surface area contributed by atoms with Crippen molar-refractivity contribution in [2.75, 3.05) is 6.54 Å². The van der Waals surface area contributed by atoms with Crippen molar-refractivity contribution in [3.05, 3.63) is 18.2 Å². The van der Waals surface area contributed by atoms with E-state index < -0.39 is 0 Å². The van der Waals surface area contributed by atoms with Crippen molar-refractivity contribution in [1.82, 2.24) is 9.55 Å². The SMILES string of the molecule is CCCn1ccnc1C#CCN. The highest BCUT2D eigenvalue weighted by Gasteiger charge is 1.95. The molecule has 0 radical (unpaired) electrons. The van der Waals surface area contributed by atoms with Crippen molar-refractivity contribution < 1.29 is 0 Å². The molecule has 0 aromatic carbocycles. The summed E-state index contributed by atoms with van der Waals surface area (Å²) in [5.41, 5.74) is 5.26. The summed E-state index contributed by atoms with van der Waals surface area (Å²) in [6, 6.07) is 0. The van der Waals surface area contributed by atoms with E-state index in [0.717, 1.165) is 18.8 Å². The Hall–Kier alpha value is -1.27. The van der Waals surface area contributed by atoms with E-state index in [1.807, 2.05) is 10.8 Å². The smallest absolute Gasteiger partial charge is 0.185 e. The maximum atomic E-state index is 5.26. The third kappa shape index (κ3) is 2.11. The predicted molar refractivity (Wildman–Crippen MR) is 48.5 cm³/mol. The molecule has 0 aliphatic carbocycles. The lowest BCUT2D eigenvalue weighted by Crippen LogP contribution is -1.99. The molecular weight excluding hydrogens is 150 g/mol. The molecule has 1 heterocycles. The summed E-state index contributed by atoms with van der Waals surface area (Å²) >= 11 is 0. The number of rotatable bonds is 2. The van der Waals surface area contributed by atoms with E-state index in [0.29, 0.717) is 6.54 Å². The molecular formula is C9H13N3. The first-order valence-electron chi connectivity index (χ1n) is 4.08. The van der Waals surface area contributed by atoms with Gasteiger partial charge in [-0.15, -0.1) is 0 Å². The van der Waals surface area contributed by atoms with Gasteiger partial charge in [0.05, 0.1) is 6.54 Å². The maximum Gasteiger partial charge on any atom is 0.185 e. The van der Waals surface area contributed by atoms with Gasteiger partial charge in [0.15, 0.2) is 5.82 Å². The molecule has 0 aliphatic rings. The van der Waals surface area contributed by atoms with E-state index in [9.17, 15) is 0 Å². The molecule has 12 heavy (non-hydrogen) atoms. The molecule has 64 valence electrons. The fourth-order valence-corrected chi connectivity index (χ4v) is 0.985. The van der Waals surface area contributed by atoms with Crippen molar-refractivity contribution in [2.45, 2.75) is 19.9 Å². The third-order valence-corrected chi connectivity index (χ3v) is 1.48. The molecule has 1 aromatic heterocycles. The van der Waals surface area contributed by atoms with Crippen LogP contribution in [0.3, 0.4) is 0 Å². The topological polar surface area (TPSA) is 43.8 Å². The first-order chi connectivity index (χ1) is 5.88. The molecule has 0 spiro atoms. The second kappa shape index (κ2) is 4.58. The van der Waals surface area contributed by atoms with Crippen LogP contribution in [0.4, 0.5) is 0 Å². The summed E-state index contributed by atoms with van der Waals surface area (Å²) in [5.74, 6) is 6.51. The van der Waals surface area contributed by atoms with Crippen LogP contribution in [0.25, 0.3) is 0 Å². The largest absolute Gasteiger partial charge is 0.324 e. The van der Waals surface area contributed by atoms with Crippen LogP contribution in [0.1, 0.15) is 19.2 Å². The molecule has 3 nitrogen and oxygen atoms in total. The monoisotopic (exact) mass is 163 g/mol. The van der Waals surface area contributed by atoms with Crippen molar-refractivity contribution in [1.29, 1.82) is 0 Å². The molecule has 0 aliphatic heterocycles. The van der Waals surface area contributed by atoms with Crippen molar-refractivity contribution in [2.24, 2.45) is 5.73 Å². The molecule has 0 bridgehead atoms. The van der Waals surface area contributed by atoms with E-state index in [2.05, 4.69) is 23.7 Å². The summed E-state index contributed by atoms with van der Waals surface area (Å²) in [4.78, 5) is 4.11. The fraction of sp³-hybridized carbons (Fsp3) is 0.444. The van der Waals surface area contributed by atoms with Gasteiger partial charge < -0.3 is 10.3 Å². The molecule has 0 fully saturated rings. The Morgan fingerprint density at radius 2 is 2.50 bits per heavy atom. The van der Waals surface area contributed by atoms with Gasteiger partial charge in [0, 0.05) is 18.9 Å². The van der Waals surface area contributed by atoms with Crippen LogP contribution in [0.5, 0.6) is 0 Å². The van der Waals surface area contributed by atoms with Gasteiger partial charge in [0.2, 0.25) is 0 Å². The average Bonchev–Trinajstić information content (AvgIpc) is 2.50. The number of nitrogens with zero attached hydrogens (tertiary/aromatic N) is 2. The summed E-state index contributed by atoms with van der Waals surface area (Å²) in [6.07, 6.45) is 4.79. The second-order valence-corrected chi connectivity index (χ2v) is 2.45. The highest BCUT2D eigenvalue weighted by Crippen LogP contribution is 1.96. The van der Waals surface area contributed by atoms with Gasteiger partial charge in [-0.2, -0.15) is 0 Å². The Balaban J connectivity index is 2.76. The zero-order valence-corrected chi connectivity index (χ0v) is 7.25. The van der Waals surface area contributed by atoms with E-state index in [1.165, 1.54) is 0 Å². The highest BCUT2D eigenvalue weighted by molar-refractivity contribution is 5.21. The summed E-state index contributed by atoms with van der Waals surface area (Å²) in [5, 5.41) is 0. The standard InChI is InChI=1S/C9H13N3/c1-2-7-12-8-6-11-9(12)4-3-5-10/h6,8H,2,5,7,10H2,1H3. The zero-order chi connectivity index (χ0) is 8.81. The minimum atomic E-state index is 0.388. The van der Waals surface area contributed by atoms with Gasteiger partial charge in [0.1, 0.15) is 0 Å². The summed E-state index contributed by atoms with van der Waals surface area (Å²) in [7, 11) is 0. The van der Waals surface area contributed by atoms with Crippen molar-refractivity contribution in [3.8, 4) is 11.8 Å². The van der Waals surface area contributed by atoms with Crippen LogP contribution >= 0.6 is 0 Å². The number of hydrogen-bond acceptors (Lipinski definition) is 2. The minimum Gasteiger partial charge on any atom is -0.324 e. The van der Waals surface area contributed by atoms with E-state index in [4.69, 9.17) is 5.73 Å². The van der Waals surface area contributed by atoms with Crippen LogP contribution < -0.4 is 5.73 Å². The third-order valence-electron chi connectivity index (χ3n) is 1.48. The molecule has 0 saturated heterocycles. The average molecular weight is 163 g/mol. The lowest BCUT2D eigenvalue weighted by molar-refractivity contribution is 0.671. The van der Waals surface area contributed by atoms with Crippen molar-refractivity contribution >= 4 is 0 Å². The van der Waals surface area contributed by atoms with Crippen LogP contribution in [-0.4, -0.2) is 16.1 Å². The van der Waals surface area contributed by atoms with E-state index >= 15 is 0 Å². The fourth-order valence-electron chi connectivity index (χ4n) is 0.985. The molecule has 1 rings (SSSR count). The first-order valence-corrected chi connectivity index (χ1v) is 4.08.